The van der Waals surface area contributed by atoms with E-state index >= 15 is 0 Å². The van der Waals surface area contributed by atoms with Crippen LogP contribution in [0.4, 0.5) is 0 Å². The summed E-state index contributed by atoms with van der Waals surface area (Å²) in [5, 5.41) is 0. The summed E-state index contributed by atoms with van der Waals surface area (Å²) in [4.78, 5) is 0. The number of allylic oxidation sites excluding steroid dienone is 4. The van der Waals surface area contributed by atoms with E-state index in [2.05, 4.69) is 117 Å². The zero-order valence-electron chi connectivity index (χ0n) is 32.9. The molecule has 2 aliphatic rings. The maximum Gasteiger partial charge on any atom is -1.00 e. The van der Waals surface area contributed by atoms with Crippen molar-refractivity contribution >= 4 is 22.6 Å². The van der Waals surface area contributed by atoms with Gasteiger partial charge in [-0.3, -0.25) is 0 Å². The molecule has 48 heavy (non-hydrogen) atoms. The van der Waals surface area contributed by atoms with Crippen LogP contribution in [0.25, 0.3) is 11.1 Å². The predicted molar refractivity (Wildman–Crippen MR) is 212 cm³/mol. The molecule has 2 aromatic carbocycles. The summed E-state index contributed by atoms with van der Waals surface area (Å²) in [6.45, 7) is 30.3. The SMILES string of the molecule is CCCC[C](CCCC)=[Zr+2]([C]1=CC=CC1)[c]1c(C)c(C(CCC)[Si](C)(C)C)cc2c1Cc1cc(C)c(C(CCC)[Si](C)(C)C)cc1-2.[Cl-].[Cl-]. The first-order valence-electron chi connectivity index (χ1n) is 19.2. The summed E-state index contributed by atoms with van der Waals surface area (Å²) in [7, 11) is -2.81. The summed E-state index contributed by atoms with van der Waals surface area (Å²) in [6.07, 6.45) is 23.0. The number of benzene rings is 2. The Hall–Kier alpha value is -0.313. The quantitative estimate of drug-likeness (QED) is 0.137. The predicted octanol–water partition coefficient (Wildman–Crippen LogP) is 7.04. The third-order valence-corrected chi connectivity index (χ3v) is 25.0. The van der Waals surface area contributed by atoms with Crippen LogP contribution in [0.2, 0.25) is 39.3 Å². The van der Waals surface area contributed by atoms with E-state index in [0.717, 1.165) is 17.5 Å². The number of unbranched alkanes of at least 4 members (excludes halogenated alkanes) is 2. The van der Waals surface area contributed by atoms with Gasteiger partial charge in [0.25, 0.3) is 0 Å². The Balaban J connectivity index is 0.00000400. The topological polar surface area (TPSA) is 0 Å². The van der Waals surface area contributed by atoms with Crippen molar-refractivity contribution in [3.63, 3.8) is 0 Å². The van der Waals surface area contributed by atoms with Crippen molar-refractivity contribution in [3.8, 4) is 11.1 Å². The van der Waals surface area contributed by atoms with Gasteiger partial charge in [-0.25, -0.2) is 0 Å². The van der Waals surface area contributed by atoms with Gasteiger partial charge < -0.3 is 24.8 Å². The van der Waals surface area contributed by atoms with Crippen molar-refractivity contribution in [1.29, 1.82) is 0 Å². The van der Waals surface area contributed by atoms with Crippen molar-refractivity contribution in [3.05, 3.63) is 73.1 Å². The first kappa shape index (κ1) is 43.8. The van der Waals surface area contributed by atoms with E-state index in [-0.39, 0.29) is 24.8 Å². The Morgan fingerprint density at radius 2 is 1.27 bits per heavy atom. The Bertz CT molecular complexity index is 1480. The zero-order valence-corrected chi connectivity index (χ0v) is 38.8. The fourth-order valence-corrected chi connectivity index (χ4v) is 22.4. The van der Waals surface area contributed by atoms with Gasteiger partial charge in [-0.1, -0.05) is 0 Å². The maximum absolute atomic E-state index is 2.78. The van der Waals surface area contributed by atoms with E-state index in [1.165, 1.54) is 70.6 Å². The van der Waals surface area contributed by atoms with Gasteiger partial charge in [-0.05, 0) is 0 Å². The van der Waals surface area contributed by atoms with Gasteiger partial charge in [0.15, 0.2) is 0 Å². The molecule has 2 aliphatic carbocycles. The van der Waals surface area contributed by atoms with Crippen LogP contribution in [0.1, 0.15) is 143 Å². The fourth-order valence-electron chi connectivity index (χ4n) is 8.77. The molecule has 2 aromatic rings. The minimum absolute atomic E-state index is 0. The molecule has 2 unspecified atom stereocenters. The molecule has 0 fully saturated rings. The molecule has 0 nitrogen and oxygen atoms in total. The molecule has 0 N–H and O–H groups in total. The van der Waals surface area contributed by atoms with Crippen LogP contribution in [0.15, 0.2) is 39.7 Å². The average molecular weight is 803 g/mol. The van der Waals surface area contributed by atoms with E-state index in [1.807, 2.05) is 9.76 Å². The van der Waals surface area contributed by atoms with E-state index in [0.29, 0.717) is 0 Å². The summed E-state index contributed by atoms with van der Waals surface area (Å²) in [5.41, 5.74) is 14.8. The summed E-state index contributed by atoms with van der Waals surface area (Å²) < 4.78 is 5.77. The molecule has 0 heterocycles. The van der Waals surface area contributed by atoms with Crippen LogP contribution in [-0.4, -0.2) is 19.4 Å². The number of rotatable bonds is 16. The standard InChI is InChI=1S/C29H45Si2.C9H18.C5H5.2ClH.Zr/c1-11-13-28(30(5,6)7)24-18-26-22(15-20(24)3)17-23-16-21(4)25(19-27(23)26)29(14-12-2)31(8,9)10;1-3-5-7-9-8-6-4-2;1-2-4-5-3-1;;;/h15,18-19,28-29H,11-14,17H2,1-10H3;3-8H2,1-2H3;1-3H,4H2;2*1H;/q;;;;;+2/p-2. The summed E-state index contributed by atoms with van der Waals surface area (Å²) in [6, 6.07) is 8.16. The molecule has 266 valence electrons. The molecule has 5 heteroatoms. The Morgan fingerprint density at radius 1 is 0.729 bits per heavy atom. The molecule has 0 saturated carbocycles. The minimum atomic E-state index is -2.35. The average Bonchev–Trinajstić information content (AvgIpc) is 3.63. The van der Waals surface area contributed by atoms with Gasteiger partial charge in [0.1, 0.15) is 0 Å². The molecule has 0 radical (unpaired) electrons. The smallest absolute Gasteiger partial charge is 1.00 e. The van der Waals surface area contributed by atoms with Crippen LogP contribution in [0, 0.1) is 13.8 Å². The molecular formula is C43H68Cl2Si2Zr. The molecule has 2 atom stereocenters. The molecule has 0 spiro atoms. The number of halogens is 2. The van der Waals surface area contributed by atoms with Gasteiger partial charge in [0.05, 0.1) is 0 Å². The van der Waals surface area contributed by atoms with Crippen molar-refractivity contribution in [2.75, 3.05) is 0 Å². The van der Waals surface area contributed by atoms with Crippen LogP contribution in [0.5, 0.6) is 0 Å². The zero-order chi connectivity index (χ0) is 33.8. The second-order valence-electron chi connectivity index (χ2n) is 17.0. The van der Waals surface area contributed by atoms with Crippen molar-refractivity contribution in [1.82, 2.24) is 0 Å². The number of fused-ring (bicyclic) bond motifs is 3. The van der Waals surface area contributed by atoms with Crippen molar-refractivity contribution < 1.29 is 46.1 Å². The van der Waals surface area contributed by atoms with Gasteiger partial charge in [0.2, 0.25) is 0 Å². The molecular weight excluding hydrogens is 735 g/mol. The minimum Gasteiger partial charge on any atom is -1.00 e. The van der Waals surface area contributed by atoms with Crippen molar-refractivity contribution in [2.24, 2.45) is 0 Å². The van der Waals surface area contributed by atoms with Gasteiger partial charge >= 0.3 is 297 Å². The van der Waals surface area contributed by atoms with E-state index in [1.54, 1.807) is 44.5 Å². The third kappa shape index (κ3) is 9.76. The Kier molecular flexibility index (Phi) is 17.3. The van der Waals surface area contributed by atoms with Crippen LogP contribution >= 0.6 is 0 Å². The van der Waals surface area contributed by atoms with E-state index in [9.17, 15) is 0 Å². The summed E-state index contributed by atoms with van der Waals surface area (Å²) in [5.74, 6) is 0. The molecule has 0 aromatic heterocycles. The molecule has 0 amide bonds. The fraction of sp³-hybridized carbons (Fsp3) is 0.605. The van der Waals surface area contributed by atoms with E-state index < -0.39 is 37.4 Å². The van der Waals surface area contributed by atoms with E-state index in [4.69, 9.17) is 0 Å². The number of hydrogen-bond acceptors (Lipinski definition) is 0. The molecule has 0 aliphatic heterocycles. The van der Waals surface area contributed by atoms with Crippen molar-refractivity contribution in [2.45, 2.75) is 169 Å². The van der Waals surface area contributed by atoms with Gasteiger partial charge in [0, 0.05) is 0 Å². The molecule has 0 bridgehead atoms. The Labute approximate surface area is 319 Å². The number of hydrogen-bond donors (Lipinski definition) is 0. The second-order valence-corrected chi connectivity index (χ2v) is 34.2. The maximum atomic E-state index is 2.78. The third-order valence-electron chi connectivity index (χ3n) is 11.2. The first-order valence-corrected chi connectivity index (χ1v) is 30.0. The van der Waals surface area contributed by atoms with Gasteiger partial charge in [-0.15, -0.1) is 0 Å². The first-order chi connectivity index (χ1) is 21.8. The summed E-state index contributed by atoms with van der Waals surface area (Å²) >= 11 is -2.35. The van der Waals surface area contributed by atoms with Crippen LogP contribution < -0.4 is 28.1 Å². The second kappa shape index (κ2) is 19.0. The monoisotopic (exact) mass is 800 g/mol. The number of aryl methyl sites for hydroxylation is 1. The van der Waals surface area contributed by atoms with Crippen LogP contribution in [0.3, 0.4) is 0 Å². The van der Waals surface area contributed by atoms with Gasteiger partial charge in [-0.2, -0.15) is 0 Å². The largest absolute Gasteiger partial charge is 1.00 e. The molecule has 4 rings (SSSR count). The van der Waals surface area contributed by atoms with Crippen LogP contribution in [-0.2, 0) is 27.7 Å². The Morgan fingerprint density at radius 3 is 1.75 bits per heavy atom. The molecule has 0 saturated heterocycles. The normalized spacial score (nSPS) is 14.7.